The van der Waals surface area contributed by atoms with Crippen LogP contribution in [-0.4, -0.2) is 5.11 Å². The molecule has 0 fully saturated rings. The summed E-state index contributed by atoms with van der Waals surface area (Å²) in [5, 5.41) is 9.88. The van der Waals surface area contributed by atoms with E-state index in [2.05, 4.69) is 6.07 Å². The van der Waals surface area contributed by atoms with Crippen LogP contribution >= 0.6 is 21.6 Å². The van der Waals surface area contributed by atoms with Crippen molar-refractivity contribution in [3.63, 3.8) is 0 Å². The zero-order valence-corrected chi connectivity index (χ0v) is 11.8. The minimum atomic E-state index is 0.339. The lowest BCUT2D eigenvalue weighted by atomic mass is 10.0. The van der Waals surface area contributed by atoms with E-state index < -0.39 is 0 Å². The topological polar surface area (TPSA) is 46.2 Å². The monoisotopic (exact) mass is 275 g/mol. The Morgan fingerprint density at radius 1 is 0.889 bits per heavy atom. The summed E-state index contributed by atoms with van der Waals surface area (Å²) < 4.78 is 0. The molecule has 1 aliphatic heterocycles. The number of aromatic hydroxyl groups is 1. The molecule has 0 bridgehead atoms. The zero-order chi connectivity index (χ0) is 12.9. The fourth-order valence-corrected chi connectivity index (χ4v) is 4.53. The van der Waals surface area contributed by atoms with Gasteiger partial charge in [0.2, 0.25) is 0 Å². The molecule has 0 radical (unpaired) electrons. The second-order valence-corrected chi connectivity index (χ2v) is 6.72. The number of hydrogen-bond donors (Lipinski definition) is 2. The van der Waals surface area contributed by atoms with Gasteiger partial charge in [-0.1, -0.05) is 21.6 Å². The number of hydrogen-bond acceptors (Lipinski definition) is 4. The van der Waals surface area contributed by atoms with E-state index in [9.17, 15) is 5.11 Å². The average molecular weight is 275 g/mol. The molecule has 3 N–H and O–H groups in total. The summed E-state index contributed by atoms with van der Waals surface area (Å²) in [5.41, 5.74) is 11.0. The van der Waals surface area contributed by atoms with Crippen LogP contribution in [0.4, 0.5) is 5.69 Å². The summed E-state index contributed by atoms with van der Waals surface area (Å²) >= 11 is 0. The van der Waals surface area contributed by atoms with Crippen molar-refractivity contribution in [3.8, 4) is 16.9 Å². The molecule has 3 rings (SSSR count). The number of aryl methyl sites for hydroxylation is 2. The lowest BCUT2D eigenvalue weighted by Gasteiger charge is -2.20. The molecule has 4 heteroatoms. The van der Waals surface area contributed by atoms with Gasteiger partial charge in [0, 0.05) is 21.0 Å². The summed E-state index contributed by atoms with van der Waals surface area (Å²) in [5.74, 6) is 0.339. The van der Waals surface area contributed by atoms with E-state index in [1.807, 2.05) is 32.0 Å². The van der Waals surface area contributed by atoms with Gasteiger partial charge in [-0.05, 0) is 54.8 Å². The first-order chi connectivity index (χ1) is 8.56. The normalized spacial score (nSPS) is 13.0. The molecule has 0 unspecified atom stereocenters. The van der Waals surface area contributed by atoms with Crippen LogP contribution in [0.5, 0.6) is 5.75 Å². The van der Waals surface area contributed by atoms with Crippen LogP contribution in [0.3, 0.4) is 0 Å². The number of phenolic OH excluding ortho intramolecular Hbond substituents is 1. The molecule has 1 heterocycles. The Bertz CT molecular complexity index is 595. The average Bonchev–Trinajstić information content (AvgIpc) is 2.33. The first kappa shape index (κ1) is 11.8. The molecule has 92 valence electrons. The summed E-state index contributed by atoms with van der Waals surface area (Å²) in [7, 11) is 3.48. The minimum Gasteiger partial charge on any atom is -0.508 e. The van der Waals surface area contributed by atoms with Gasteiger partial charge in [-0.3, -0.25) is 0 Å². The Hall–Kier alpha value is -1.26. The number of nitrogen functional groups attached to an aromatic ring is 1. The van der Waals surface area contributed by atoms with Crippen LogP contribution in [0.15, 0.2) is 34.1 Å². The van der Waals surface area contributed by atoms with Crippen LogP contribution in [0.2, 0.25) is 0 Å². The molecule has 2 nitrogen and oxygen atoms in total. The van der Waals surface area contributed by atoms with E-state index in [0.717, 1.165) is 27.9 Å². The quantitative estimate of drug-likeness (QED) is 0.553. The van der Waals surface area contributed by atoms with Crippen molar-refractivity contribution < 1.29 is 5.11 Å². The van der Waals surface area contributed by atoms with Crippen molar-refractivity contribution >= 4 is 27.3 Å². The maximum atomic E-state index is 9.88. The number of nitrogens with two attached hydrogens (primary N) is 1. The number of anilines is 1. The van der Waals surface area contributed by atoms with Crippen molar-refractivity contribution in [1.29, 1.82) is 0 Å². The van der Waals surface area contributed by atoms with Crippen LogP contribution in [-0.2, 0) is 0 Å². The second kappa shape index (κ2) is 4.14. The molecule has 0 aromatic heterocycles. The number of fused-ring (bicyclic) bond motifs is 3. The molecule has 0 amide bonds. The Kier molecular flexibility index (Phi) is 2.72. The summed E-state index contributed by atoms with van der Waals surface area (Å²) in [4.78, 5) is 2.40. The third kappa shape index (κ3) is 1.76. The van der Waals surface area contributed by atoms with Gasteiger partial charge in [-0.15, -0.1) is 0 Å². The van der Waals surface area contributed by atoms with Gasteiger partial charge < -0.3 is 10.8 Å². The standard InChI is InChI=1S/C14H13NOS2/c1-7-3-13-9(5-11(7)15)10-6-12(16)8(2)4-14(10)18-17-13/h3-6,16H,15H2,1-2H3. The van der Waals surface area contributed by atoms with Crippen LogP contribution in [0, 0.1) is 13.8 Å². The van der Waals surface area contributed by atoms with E-state index in [-0.39, 0.29) is 0 Å². The molecular weight excluding hydrogens is 262 g/mol. The predicted molar refractivity (Wildman–Crippen MR) is 79.1 cm³/mol. The highest BCUT2D eigenvalue weighted by Gasteiger charge is 2.20. The third-order valence-corrected chi connectivity index (χ3v) is 5.62. The SMILES string of the molecule is Cc1cc2c(cc1N)-c1cc(O)c(C)cc1SS2. The highest BCUT2D eigenvalue weighted by molar-refractivity contribution is 8.76. The lowest BCUT2D eigenvalue weighted by Crippen LogP contribution is -1.96. The molecule has 0 saturated heterocycles. The summed E-state index contributed by atoms with van der Waals surface area (Å²) in [6.45, 7) is 3.93. The van der Waals surface area contributed by atoms with Gasteiger partial charge in [0.1, 0.15) is 5.75 Å². The fourth-order valence-electron chi connectivity index (χ4n) is 2.02. The van der Waals surface area contributed by atoms with E-state index in [0.29, 0.717) is 5.75 Å². The summed E-state index contributed by atoms with van der Waals surface area (Å²) in [6, 6.07) is 7.99. The molecule has 18 heavy (non-hydrogen) atoms. The van der Waals surface area contributed by atoms with Gasteiger partial charge in [0.05, 0.1) is 0 Å². The van der Waals surface area contributed by atoms with E-state index in [1.165, 1.54) is 9.79 Å². The summed E-state index contributed by atoms with van der Waals surface area (Å²) in [6.07, 6.45) is 0. The van der Waals surface area contributed by atoms with Gasteiger partial charge in [0.25, 0.3) is 0 Å². The molecule has 1 aliphatic rings. The predicted octanol–water partition coefficient (Wildman–Crippen LogP) is 4.37. The highest BCUT2D eigenvalue weighted by atomic mass is 33.1. The largest absolute Gasteiger partial charge is 0.508 e. The Morgan fingerprint density at radius 2 is 1.44 bits per heavy atom. The number of phenols is 1. The van der Waals surface area contributed by atoms with Crippen LogP contribution in [0.1, 0.15) is 11.1 Å². The van der Waals surface area contributed by atoms with Crippen LogP contribution < -0.4 is 5.73 Å². The first-order valence-electron chi connectivity index (χ1n) is 5.65. The zero-order valence-electron chi connectivity index (χ0n) is 10.2. The van der Waals surface area contributed by atoms with Crippen molar-refractivity contribution in [2.45, 2.75) is 23.6 Å². The number of benzene rings is 2. The molecular formula is C14H13NOS2. The molecule has 0 aliphatic carbocycles. The Labute approximate surface area is 114 Å². The van der Waals surface area contributed by atoms with Crippen molar-refractivity contribution in [1.82, 2.24) is 0 Å². The first-order valence-corrected chi connectivity index (χ1v) is 7.80. The van der Waals surface area contributed by atoms with Gasteiger partial charge >= 0.3 is 0 Å². The Balaban J connectivity index is 2.28. The van der Waals surface area contributed by atoms with Gasteiger partial charge in [0.15, 0.2) is 0 Å². The Morgan fingerprint density at radius 3 is 2.11 bits per heavy atom. The van der Waals surface area contributed by atoms with E-state index >= 15 is 0 Å². The molecule has 0 spiro atoms. The van der Waals surface area contributed by atoms with E-state index in [4.69, 9.17) is 5.73 Å². The third-order valence-electron chi connectivity index (χ3n) is 3.18. The van der Waals surface area contributed by atoms with Gasteiger partial charge in [-0.2, -0.15) is 0 Å². The number of rotatable bonds is 0. The lowest BCUT2D eigenvalue weighted by molar-refractivity contribution is 0.471. The highest BCUT2D eigenvalue weighted by Crippen LogP contribution is 2.53. The molecule has 0 saturated carbocycles. The molecule has 2 aromatic carbocycles. The van der Waals surface area contributed by atoms with E-state index in [1.54, 1.807) is 21.6 Å². The second-order valence-electron chi connectivity index (χ2n) is 4.51. The maximum Gasteiger partial charge on any atom is 0.119 e. The van der Waals surface area contributed by atoms with Crippen molar-refractivity contribution in [2.75, 3.05) is 5.73 Å². The molecule has 2 aromatic rings. The van der Waals surface area contributed by atoms with Gasteiger partial charge in [-0.25, -0.2) is 0 Å². The fraction of sp³-hybridized carbons (Fsp3) is 0.143. The minimum absolute atomic E-state index is 0.339. The molecule has 0 atom stereocenters. The van der Waals surface area contributed by atoms with Crippen molar-refractivity contribution in [2.24, 2.45) is 0 Å². The van der Waals surface area contributed by atoms with Crippen LogP contribution in [0.25, 0.3) is 11.1 Å². The van der Waals surface area contributed by atoms with Crippen molar-refractivity contribution in [3.05, 3.63) is 35.4 Å². The smallest absolute Gasteiger partial charge is 0.119 e. The maximum absolute atomic E-state index is 9.88.